The zero-order valence-corrected chi connectivity index (χ0v) is 7.95. The highest BCUT2D eigenvalue weighted by molar-refractivity contribution is 5.86. The van der Waals surface area contributed by atoms with Gasteiger partial charge in [0.2, 0.25) is 0 Å². The molecule has 0 amide bonds. The van der Waals surface area contributed by atoms with Gasteiger partial charge in [0.05, 0.1) is 0 Å². The standard InChI is InChI=1S/C10H14O4/c11-9(12)7-5-3-1-2-4-6-8-10(13)14/h1-5,7H2,(H,11,12)(H,13,14). The predicted octanol–water partition coefficient (Wildman–Crippen LogP) is 1.50. The highest BCUT2D eigenvalue weighted by Crippen LogP contribution is 2.04. The highest BCUT2D eigenvalue weighted by Gasteiger charge is 1.95. The maximum absolute atomic E-state index is 10.1. The van der Waals surface area contributed by atoms with E-state index >= 15 is 0 Å². The van der Waals surface area contributed by atoms with Crippen LogP contribution in [0.25, 0.3) is 0 Å². The third-order valence-electron chi connectivity index (χ3n) is 1.64. The lowest BCUT2D eigenvalue weighted by atomic mass is 10.1. The van der Waals surface area contributed by atoms with E-state index in [0.29, 0.717) is 12.8 Å². The summed E-state index contributed by atoms with van der Waals surface area (Å²) in [6.45, 7) is 0. The normalized spacial score (nSPS) is 8.86. The van der Waals surface area contributed by atoms with Gasteiger partial charge < -0.3 is 10.2 Å². The zero-order valence-electron chi connectivity index (χ0n) is 7.95. The van der Waals surface area contributed by atoms with Crippen LogP contribution in [0, 0.1) is 11.8 Å². The van der Waals surface area contributed by atoms with Gasteiger partial charge >= 0.3 is 11.9 Å². The highest BCUT2D eigenvalue weighted by atomic mass is 16.4. The molecule has 0 aromatic heterocycles. The van der Waals surface area contributed by atoms with Crippen molar-refractivity contribution in [2.75, 3.05) is 0 Å². The number of carboxylic acids is 2. The molecular weight excluding hydrogens is 184 g/mol. The summed E-state index contributed by atoms with van der Waals surface area (Å²) in [5, 5.41) is 16.5. The van der Waals surface area contributed by atoms with E-state index in [2.05, 4.69) is 5.92 Å². The summed E-state index contributed by atoms with van der Waals surface area (Å²) in [7, 11) is 0. The molecule has 0 aromatic rings. The Kier molecular flexibility index (Phi) is 7.24. The molecule has 0 spiro atoms. The number of unbranched alkanes of at least 4 members (excludes halogenated alkanes) is 4. The Bertz CT molecular complexity index is 247. The molecule has 78 valence electrons. The van der Waals surface area contributed by atoms with Crippen molar-refractivity contribution in [2.45, 2.75) is 38.5 Å². The monoisotopic (exact) mass is 198 g/mol. The third-order valence-corrected chi connectivity index (χ3v) is 1.64. The summed E-state index contributed by atoms with van der Waals surface area (Å²) in [6.07, 6.45) is 4.06. The van der Waals surface area contributed by atoms with Crippen LogP contribution in [0.3, 0.4) is 0 Å². The molecule has 0 saturated heterocycles. The zero-order chi connectivity index (χ0) is 10.8. The second-order valence-electron chi connectivity index (χ2n) is 2.91. The van der Waals surface area contributed by atoms with Crippen LogP contribution in [0.2, 0.25) is 0 Å². The van der Waals surface area contributed by atoms with Crippen LogP contribution in [0.15, 0.2) is 0 Å². The first kappa shape index (κ1) is 12.5. The van der Waals surface area contributed by atoms with E-state index in [1.807, 2.05) is 5.92 Å². The molecule has 2 N–H and O–H groups in total. The predicted molar refractivity (Wildman–Crippen MR) is 50.7 cm³/mol. The molecule has 0 fully saturated rings. The Morgan fingerprint density at radius 2 is 1.64 bits per heavy atom. The summed E-state index contributed by atoms with van der Waals surface area (Å²) >= 11 is 0. The molecule has 0 unspecified atom stereocenters. The molecule has 0 saturated carbocycles. The maximum Gasteiger partial charge on any atom is 0.381 e. The van der Waals surface area contributed by atoms with Gasteiger partial charge in [0.1, 0.15) is 0 Å². The molecule has 0 aliphatic rings. The smallest absolute Gasteiger partial charge is 0.381 e. The quantitative estimate of drug-likeness (QED) is 0.501. The van der Waals surface area contributed by atoms with Gasteiger partial charge in [0.25, 0.3) is 0 Å². The van der Waals surface area contributed by atoms with Crippen molar-refractivity contribution >= 4 is 11.9 Å². The van der Waals surface area contributed by atoms with Gasteiger partial charge in [-0.25, -0.2) is 4.79 Å². The van der Waals surface area contributed by atoms with Crippen molar-refractivity contribution < 1.29 is 19.8 Å². The Hall–Kier alpha value is -1.50. The Labute approximate surface area is 82.9 Å². The number of carbonyl (C=O) groups is 2. The molecule has 4 nitrogen and oxygen atoms in total. The van der Waals surface area contributed by atoms with Crippen LogP contribution in [-0.2, 0) is 9.59 Å². The van der Waals surface area contributed by atoms with E-state index in [9.17, 15) is 9.59 Å². The molecule has 0 rings (SSSR count). The molecule has 0 aliphatic carbocycles. The Balaban J connectivity index is 3.19. The van der Waals surface area contributed by atoms with E-state index in [4.69, 9.17) is 10.2 Å². The van der Waals surface area contributed by atoms with Gasteiger partial charge in [0.15, 0.2) is 0 Å². The second kappa shape index (κ2) is 8.11. The maximum atomic E-state index is 10.1. The first-order valence-corrected chi connectivity index (χ1v) is 4.56. The molecule has 0 aromatic carbocycles. The van der Waals surface area contributed by atoms with Crippen LogP contribution >= 0.6 is 0 Å². The fraction of sp³-hybridized carbons (Fsp3) is 0.600. The molecule has 14 heavy (non-hydrogen) atoms. The lowest BCUT2D eigenvalue weighted by molar-refractivity contribution is -0.137. The van der Waals surface area contributed by atoms with E-state index in [-0.39, 0.29) is 6.42 Å². The van der Waals surface area contributed by atoms with Crippen LogP contribution in [-0.4, -0.2) is 22.2 Å². The average Bonchev–Trinajstić information content (AvgIpc) is 2.08. The third kappa shape index (κ3) is 10.5. The van der Waals surface area contributed by atoms with Crippen molar-refractivity contribution in [1.82, 2.24) is 0 Å². The van der Waals surface area contributed by atoms with Crippen molar-refractivity contribution in [2.24, 2.45) is 0 Å². The Morgan fingerprint density at radius 3 is 2.21 bits per heavy atom. The van der Waals surface area contributed by atoms with Crippen molar-refractivity contribution in [3.8, 4) is 11.8 Å². The van der Waals surface area contributed by atoms with Crippen LogP contribution in [0.1, 0.15) is 38.5 Å². The SMILES string of the molecule is O=C(O)C#CCCCCCCC(=O)O. The summed E-state index contributed by atoms with van der Waals surface area (Å²) in [5.74, 6) is 2.68. The lowest BCUT2D eigenvalue weighted by Gasteiger charge is -1.95. The Morgan fingerprint density at radius 1 is 1.00 bits per heavy atom. The van der Waals surface area contributed by atoms with Crippen LogP contribution < -0.4 is 0 Å². The summed E-state index contributed by atoms with van der Waals surface area (Å²) < 4.78 is 0. The van der Waals surface area contributed by atoms with Crippen LogP contribution in [0.4, 0.5) is 0 Å². The number of hydrogen-bond acceptors (Lipinski definition) is 2. The number of aliphatic carboxylic acids is 2. The number of rotatable bonds is 6. The topological polar surface area (TPSA) is 74.6 Å². The molecule has 0 bridgehead atoms. The van der Waals surface area contributed by atoms with E-state index in [1.54, 1.807) is 0 Å². The fourth-order valence-corrected chi connectivity index (χ4v) is 0.981. The van der Waals surface area contributed by atoms with Gasteiger partial charge in [-0.2, -0.15) is 0 Å². The molecule has 0 heterocycles. The van der Waals surface area contributed by atoms with E-state index in [1.165, 1.54) is 0 Å². The summed E-state index contributed by atoms with van der Waals surface area (Å²) in [6, 6.07) is 0. The van der Waals surface area contributed by atoms with Gasteiger partial charge in [-0.3, -0.25) is 4.79 Å². The number of hydrogen-bond donors (Lipinski definition) is 2. The average molecular weight is 198 g/mol. The largest absolute Gasteiger partial charge is 0.481 e. The van der Waals surface area contributed by atoms with E-state index in [0.717, 1.165) is 19.3 Å². The lowest BCUT2D eigenvalue weighted by Crippen LogP contribution is -1.93. The van der Waals surface area contributed by atoms with Crippen molar-refractivity contribution in [1.29, 1.82) is 0 Å². The van der Waals surface area contributed by atoms with E-state index < -0.39 is 11.9 Å². The van der Waals surface area contributed by atoms with Gasteiger partial charge in [-0.1, -0.05) is 18.8 Å². The fourth-order valence-electron chi connectivity index (χ4n) is 0.981. The van der Waals surface area contributed by atoms with Gasteiger partial charge in [-0.15, -0.1) is 0 Å². The molecule has 0 radical (unpaired) electrons. The summed E-state index contributed by atoms with van der Waals surface area (Å²) in [4.78, 5) is 20.1. The minimum absolute atomic E-state index is 0.209. The first-order valence-electron chi connectivity index (χ1n) is 4.56. The molecule has 0 atom stereocenters. The second-order valence-corrected chi connectivity index (χ2v) is 2.91. The van der Waals surface area contributed by atoms with Crippen molar-refractivity contribution in [3.63, 3.8) is 0 Å². The molecular formula is C10H14O4. The van der Waals surface area contributed by atoms with Gasteiger partial charge in [-0.05, 0) is 12.8 Å². The minimum Gasteiger partial charge on any atom is -0.481 e. The number of carboxylic acid groups (broad SMARTS) is 2. The molecule has 0 aliphatic heterocycles. The first-order chi connectivity index (χ1) is 6.63. The summed E-state index contributed by atoms with van der Waals surface area (Å²) in [5.41, 5.74) is 0. The van der Waals surface area contributed by atoms with Crippen molar-refractivity contribution in [3.05, 3.63) is 0 Å². The molecule has 4 heteroatoms. The van der Waals surface area contributed by atoms with Crippen LogP contribution in [0.5, 0.6) is 0 Å². The minimum atomic E-state index is -1.10. The van der Waals surface area contributed by atoms with Gasteiger partial charge in [0, 0.05) is 18.8 Å².